The summed E-state index contributed by atoms with van der Waals surface area (Å²) in [5, 5.41) is 3.21. The monoisotopic (exact) mass is 394 g/mol. The van der Waals surface area contributed by atoms with E-state index in [0.29, 0.717) is 11.3 Å². The third-order valence-electron chi connectivity index (χ3n) is 5.27. The van der Waals surface area contributed by atoms with E-state index in [-0.39, 0.29) is 11.9 Å². The van der Waals surface area contributed by atoms with Crippen LogP contribution in [0.5, 0.6) is 5.75 Å². The number of carbonyl (C=O) groups is 1. The fourth-order valence-electron chi connectivity index (χ4n) is 3.59. The topological polar surface area (TPSA) is 70.8 Å². The first-order valence-electron chi connectivity index (χ1n) is 9.97. The average Bonchev–Trinajstić information content (AvgIpc) is 2.76. The third kappa shape index (κ3) is 5.59. The molecule has 2 aromatic rings. The van der Waals surface area contributed by atoms with Crippen molar-refractivity contribution in [2.45, 2.75) is 25.0 Å². The van der Waals surface area contributed by atoms with Gasteiger partial charge in [0.2, 0.25) is 0 Å². The number of amides is 1. The third-order valence-corrected chi connectivity index (χ3v) is 5.27. The maximum atomic E-state index is 13.4. The van der Waals surface area contributed by atoms with Crippen LogP contribution in [0.15, 0.2) is 66.9 Å². The molecule has 1 aliphatic rings. The van der Waals surface area contributed by atoms with Gasteiger partial charge >= 0.3 is 0 Å². The van der Waals surface area contributed by atoms with Gasteiger partial charge in [-0.25, -0.2) is 0 Å². The molecule has 6 nitrogen and oxygen atoms in total. The highest BCUT2D eigenvalue weighted by molar-refractivity contribution is 5.95. The Bertz CT molecular complexity index is 817. The molecule has 1 amide bonds. The number of hydrogen-bond acceptors (Lipinski definition) is 5. The molecule has 0 bridgehead atoms. The minimum absolute atomic E-state index is 0.0738. The molecule has 3 rings (SSSR count). The van der Waals surface area contributed by atoms with Gasteiger partial charge in [0.1, 0.15) is 11.9 Å². The summed E-state index contributed by atoms with van der Waals surface area (Å²) in [4.78, 5) is 17.5. The fourth-order valence-corrected chi connectivity index (χ4v) is 3.59. The van der Waals surface area contributed by atoms with E-state index in [1.165, 1.54) is 0 Å². The number of carbonyl (C=O) groups excluding carboxylic acids is 1. The summed E-state index contributed by atoms with van der Waals surface area (Å²) in [5.41, 5.74) is 8.05. The first-order chi connectivity index (χ1) is 14.1. The molecule has 0 radical (unpaired) electrons. The van der Waals surface area contributed by atoms with Gasteiger partial charge in [-0.1, -0.05) is 24.3 Å². The molecule has 3 N–H and O–H groups in total. The maximum absolute atomic E-state index is 13.4. The molecule has 1 fully saturated rings. The number of rotatable bonds is 7. The molecule has 1 saturated heterocycles. The molecule has 154 valence electrons. The number of hydrogen-bond donors (Lipinski definition) is 2. The Hall–Kier alpha value is -2.83. The molecule has 0 spiro atoms. The van der Waals surface area contributed by atoms with Crippen LogP contribution in [0.4, 0.5) is 5.69 Å². The zero-order valence-electron chi connectivity index (χ0n) is 17.1. The number of para-hydroxylation sites is 1. The summed E-state index contributed by atoms with van der Waals surface area (Å²) in [6, 6.07) is 17.2. The Morgan fingerprint density at radius 2 is 1.93 bits per heavy atom. The lowest BCUT2D eigenvalue weighted by molar-refractivity contribution is 0.0524. The summed E-state index contributed by atoms with van der Waals surface area (Å²) < 4.78 is 5.29. The highest BCUT2D eigenvalue weighted by Gasteiger charge is 2.30. The van der Waals surface area contributed by atoms with E-state index in [1.807, 2.05) is 59.5 Å². The standard InChI is InChI=1S/C23H30N4O2/c1-26-15-12-20(13-16-26)27(23(28)18-7-6-10-21(17-18)29-2)22(24)11-14-25-19-8-4-3-5-9-19/h3-11,14,17,20,22,25H,12-13,15-16,24H2,1-2H3/b14-11-. The van der Waals surface area contributed by atoms with E-state index >= 15 is 0 Å². The number of benzene rings is 2. The van der Waals surface area contributed by atoms with E-state index in [2.05, 4.69) is 17.3 Å². The van der Waals surface area contributed by atoms with Crippen LogP contribution in [0.1, 0.15) is 23.2 Å². The predicted molar refractivity (Wildman–Crippen MR) is 117 cm³/mol. The van der Waals surface area contributed by atoms with Gasteiger partial charge in [-0.3, -0.25) is 4.79 Å². The quantitative estimate of drug-likeness (QED) is 0.706. The van der Waals surface area contributed by atoms with E-state index in [0.717, 1.165) is 31.6 Å². The van der Waals surface area contributed by atoms with Crippen molar-refractivity contribution in [3.05, 3.63) is 72.4 Å². The highest BCUT2D eigenvalue weighted by atomic mass is 16.5. The number of nitrogens with two attached hydrogens (primary N) is 1. The Balaban J connectivity index is 1.78. The second kappa shape index (κ2) is 10.1. The largest absolute Gasteiger partial charge is 0.497 e. The van der Waals surface area contributed by atoms with Gasteiger partial charge in [0.25, 0.3) is 5.91 Å². The van der Waals surface area contributed by atoms with Crippen LogP contribution in [-0.4, -0.2) is 55.2 Å². The van der Waals surface area contributed by atoms with Crippen LogP contribution < -0.4 is 15.8 Å². The zero-order chi connectivity index (χ0) is 20.6. The molecule has 29 heavy (non-hydrogen) atoms. The van der Waals surface area contributed by atoms with E-state index < -0.39 is 6.17 Å². The predicted octanol–water partition coefficient (Wildman–Crippen LogP) is 3.14. The number of likely N-dealkylation sites (tertiary alicyclic amines) is 1. The summed E-state index contributed by atoms with van der Waals surface area (Å²) in [7, 11) is 3.70. The number of methoxy groups -OCH3 is 1. The van der Waals surface area contributed by atoms with Gasteiger partial charge in [0, 0.05) is 23.5 Å². The number of nitrogens with zero attached hydrogens (tertiary/aromatic N) is 2. The Labute approximate surface area is 172 Å². The molecule has 2 aromatic carbocycles. The van der Waals surface area contributed by atoms with Crippen LogP contribution >= 0.6 is 0 Å². The molecular formula is C23H30N4O2. The summed E-state index contributed by atoms with van der Waals surface area (Å²) in [6.45, 7) is 1.90. The minimum Gasteiger partial charge on any atom is -0.497 e. The molecule has 1 atom stereocenters. The van der Waals surface area contributed by atoms with Crippen LogP contribution in [-0.2, 0) is 0 Å². The average molecular weight is 395 g/mol. The van der Waals surface area contributed by atoms with Crippen molar-refractivity contribution < 1.29 is 9.53 Å². The van der Waals surface area contributed by atoms with Gasteiger partial charge in [-0.2, -0.15) is 0 Å². The summed E-state index contributed by atoms with van der Waals surface area (Å²) in [5.74, 6) is 0.587. The van der Waals surface area contributed by atoms with Crippen molar-refractivity contribution in [2.24, 2.45) is 5.73 Å². The molecule has 6 heteroatoms. The van der Waals surface area contributed by atoms with Crippen molar-refractivity contribution in [1.29, 1.82) is 0 Å². The lowest BCUT2D eigenvalue weighted by Crippen LogP contribution is -2.53. The molecule has 1 unspecified atom stereocenters. The van der Waals surface area contributed by atoms with Crippen LogP contribution in [0.25, 0.3) is 0 Å². The normalized spacial score (nSPS) is 16.5. The molecule has 1 heterocycles. The van der Waals surface area contributed by atoms with Crippen molar-refractivity contribution in [3.8, 4) is 5.75 Å². The fraction of sp³-hybridized carbons (Fsp3) is 0.348. The molecule has 0 aromatic heterocycles. The van der Waals surface area contributed by atoms with Crippen molar-refractivity contribution in [1.82, 2.24) is 9.80 Å². The lowest BCUT2D eigenvalue weighted by Gasteiger charge is -2.39. The number of ether oxygens (including phenoxy) is 1. The van der Waals surface area contributed by atoms with Gasteiger partial charge in [-0.15, -0.1) is 0 Å². The zero-order valence-corrected chi connectivity index (χ0v) is 17.1. The van der Waals surface area contributed by atoms with Gasteiger partial charge in [0.05, 0.1) is 7.11 Å². The van der Waals surface area contributed by atoms with Crippen molar-refractivity contribution in [2.75, 3.05) is 32.6 Å². The Morgan fingerprint density at radius 1 is 1.21 bits per heavy atom. The molecule has 0 aliphatic carbocycles. The second-order valence-electron chi connectivity index (χ2n) is 7.34. The summed E-state index contributed by atoms with van der Waals surface area (Å²) in [6.07, 6.45) is 4.92. The van der Waals surface area contributed by atoms with Gasteiger partial charge < -0.3 is 25.6 Å². The SMILES string of the molecule is COc1cccc(C(=O)N(C(N)/C=C\Nc2ccccc2)C2CCN(C)CC2)c1. The minimum atomic E-state index is -0.529. The van der Waals surface area contributed by atoms with E-state index in [1.54, 1.807) is 19.4 Å². The van der Waals surface area contributed by atoms with Crippen LogP contribution in [0, 0.1) is 0 Å². The molecular weight excluding hydrogens is 364 g/mol. The number of piperidine rings is 1. The first kappa shape index (κ1) is 20.9. The highest BCUT2D eigenvalue weighted by Crippen LogP contribution is 2.22. The van der Waals surface area contributed by atoms with Crippen molar-refractivity contribution >= 4 is 11.6 Å². The first-order valence-corrected chi connectivity index (χ1v) is 9.97. The van der Waals surface area contributed by atoms with Crippen molar-refractivity contribution in [3.63, 3.8) is 0 Å². The van der Waals surface area contributed by atoms with E-state index in [9.17, 15) is 4.79 Å². The van der Waals surface area contributed by atoms with Crippen LogP contribution in [0.3, 0.4) is 0 Å². The van der Waals surface area contributed by atoms with Gasteiger partial charge in [-0.05, 0) is 69.4 Å². The smallest absolute Gasteiger partial charge is 0.255 e. The Kier molecular flexibility index (Phi) is 7.27. The second-order valence-corrected chi connectivity index (χ2v) is 7.34. The number of nitrogens with one attached hydrogen (secondary N) is 1. The molecule has 1 aliphatic heterocycles. The van der Waals surface area contributed by atoms with E-state index in [4.69, 9.17) is 10.5 Å². The van der Waals surface area contributed by atoms with Gasteiger partial charge in [0.15, 0.2) is 0 Å². The molecule has 0 saturated carbocycles. The maximum Gasteiger partial charge on any atom is 0.255 e. The number of anilines is 1. The Morgan fingerprint density at radius 3 is 2.62 bits per heavy atom. The van der Waals surface area contributed by atoms with Crippen LogP contribution in [0.2, 0.25) is 0 Å². The lowest BCUT2D eigenvalue weighted by atomic mass is 10.0. The summed E-state index contributed by atoms with van der Waals surface area (Å²) >= 11 is 0.